The standard InChI is InChI=1S/C26H45N5O5/c1-2-3-4-10-17-27-24(34)21(29-26(36)31-20-13-6-8-16-23(31)33)14-9-11-18-28-25(35)30-19-12-5-7-15-22(30)32/h21H,2-20H2,1H3,(H,27,34)(H,28,35)(H,29,36)/t21-/m0/s1. The van der Waals surface area contributed by atoms with E-state index < -0.39 is 12.1 Å². The van der Waals surface area contributed by atoms with E-state index in [0.717, 1.165) is 64.2 Å². The Kier molecular flexibility index (Phi) is 13.9. The lowest BCUT2D eigenvalue weighted by Gasteiger charge is -2.24. The molecule has 0 aromatic carbocycles. The zero-order valence-electron chi connectivity index (χ0n) is 21.9. The number of nitrogens with one attached hydrogen (secondary N) is 3. The van der Waals surface area contributed by atoms with Gasteiger partial charge in [-0.05, 0) is 51.4 Å². The number of unbranched alkanes of at least 4 members (excludes halogenated alkanes) is 4. The van der Waals surface area contributed by atoms with E-state index in [0.29, 0.717) is 58.3 Å². The average Bonchev–Trinajstić information content (AvgIpc) is 3.22. The summed E-state index contributed by atoms with van der Waals surface area (Å²) in [7, 11) is 0. The Bertz CT molecular complexity index is 744. The fourth-order valence-corrected chi connectivity index (χ4v) is 4.54. The number of carbonyl (C=O) groups excluding carboxylic acids is 5. The molecule has 2 aliphatic heterocycles. The van der Waals surface area contributed by atoms with Crippen LogP contribution in [-0.2, 0) is 14.4 Å². The normalized spacial score (nSPS) is 17.7. The topological polar surface area (TPSA) is 128 Å². The summed E-state index contributed by atoms with van der Waals surface area (Å²) >= 11 is 0. The molecule has 2 rings (SSSR count). The first-order chi connectivity index (χ1) is 17.4. The van der Waals surface area contributed by atoms with Crippen LogP contribution < -0.4 is 16.0 Å². The van der Waals surface area contributed by atoms with Gasteiger partial charge in [0, 0.05) is 39.0 Å². The lowest BCUT2D eigenvalue weighted by atomic mass is 10.1. The molecule has 1 atom stereocenters. The molecule has 0 aliphatic carbocycles. The monoisotopic (exact) mass is 507 g/mol. The Morgan fingerprint density at radius 3 is 1.94 bits per heavy atom. The number of likely N-dealkylation sites (tertiary alicyclic amines) is 2. The summed E-state index contributed by atoms with van der Waals surface area (Å²) in [6, 6.07) is -1.63. The largest absolute Gasteiger partial charge is 0.354 e. The minimum Gasteiger partial charge on any atom is -0.354 e. The molecule has 2 heterocycles. The van der Waals surface area contributed by atoms with Gasteiger partial charge in [-0.1, -0.05) is 39.0 Å². The molecule has 0 saturated carbocycles. The fourth-order valence-electron chi connectivity index (χ4n) is 4.54. The quantitative estimate of drug-likeness (QED) is 0.349. The highest BCUT2D eigenvalue weighted by atomic mass is 16.2. The van der Waals surface area contributed by atoms with E-state index in [1.807, 2.05) is 0 Å². The number of amides is 7. The van der Waals surface area contributed by atoms with Gasteiger partial charge in [0.25, 0.3) is 0 Å². The minimum absolute atomic E-state index is 0.133. The fraction of sp³-hybridized carbons (Fsp3) is 0.808. The third-order valence-electron chi connectivity index (χ3n) is 6.78. The Labute approximate surface area is 215 Å². The molecule has 10 nitrogen and oxygen atoms in total. The van der Waals surface area contributed by atoms with E-state index in [1.165, 1.54) is 9.80 Å². The lowest BCUT2D eigenvalue weighted by Crippen LogP contribution is -2.52. The smallest absolute Gasteiger partial charge is 0.324 e. The maximum Gasteiger partial charge on any atom is 0.324 e. The SMILES string of the molecule is CCCCCCNC(=O)[C@H](CCCCNC(=O)N1CCCCCC1=O)NC(=O)N1CCCCCC1=O. The van der Waals surface area contributed by atoms with Crippen molar-refractivity contribution in [2.24, 2.45) is 0 Å². The second kappa shape index (κ2) is 16.9. The Morgan fingerprint density at radius 1 is 0.722 bits per heavy atom. The molecule has 0 aromatic heterocycles. The number of nitrogens with zero attached hydrogens (tertiary/aromatic N) is 2. The van der Waals surface area contributed by atoms with Gasteiger partial charge in [0.05, 0.1) is 0 Å². The number of hydrogen-bond donors (Lipinski definition) is 3. The molecule has 0 radical (unpaired) electrons. The van der Waals surface area contributed by atoms with Gasteiger partial charge in [-0.25, -0.2) is 9.59 Å². The van der Waals surface area contributed by atoms with Gasteiger partial charge < -0.3 is 16.0 Å². The van der Waals surface area contributed by atoms with Crippen LogP contribution in [0.25, 0.3) is 0 Å². The summed E-state index contributed by atoms with van der Waals surface area (Å²) in [5.74, 6) is -0.581. The van der Waals surface area contributed by atoms with Gasteiger partial charge in [-0.15, -0.1) is 0 Å². The van der Waals surface area contributed by atoms with Crippen LogP contribution in [0.5, 0.6) is 0 Å². The first-order valence-corrected chi connectivity index (χ1v) is 13.9. The molecule has 0 spiro atoms. The van der Waals surface area contributed by atoms with E-state index >= 15 is 0 Å². The van der Waals surface area contributed by atoms with Gasteiger partial charge in [0.1, 0.15) is 6.04 Å². The molecule has 2 fully saturated rings. The molecule has 0 unspecified atom stereocenters. The highest BCUT2D eigenvalue weighted by molar-refractivity contribution is 5.97. The summed E-state index contributed by atoms with van der Waals surface area (Å²) in [6.45, 7) is 3.88. The van der Waals surface area contributed by atoms with Crippen LogP contribution in [-0.4, -0.2) is 71.8 Å². The van der Waals surface area contributed by atoms with Crippen molar-refractivity contribution in [1.82, 2.24) is 25.8 Å². The van der Waals surface area contributed by atoms with Crippen LogP contribution in [0.4, 0.5) is 9.59 Å². The third-order valence-corrected chi connectivity index (χ3v) is 6.78. The van der Waals surface area contributed by atoms with Crippen molar-refractivity contribution >= 4 is 29.8 Å². The van der Waals surface area contributed by atoms with Crippen LogP contribution in [0.3, 0.4) is 0 Å². The molecular formula is C26H45N5O5. The van der Waals surface area contributed by atoms with Crippen molar-refractivity contribution in [2.45, 2.75) is 109 Å². The number of imide groups is 2. The van der Waals surface area contributed by atoms with Crippen LogP contribution in [0.15, 0.2) is 0 Å². The Hall–Kier alpha value is -2.65. The van der Waals surface area contributed by atoms with Gasteiger partial charge >= 0.3 is 12.1 Å². The molecule has 2 saturated heterocycles. The van der Waals surface area contributed by atoms with Gasteiger partial charge in [-0.3, -0.25) is 24.2 Å². The summed E-state index contributed by atoms with van der Waals surface area (Å²) in [5, 5.41) is 8.49. The first kappa shape index (κ1) is 29.6. The number of urea groups is 2. The maximum atomic E-state index is 12.8. The van der Waals surface area contributed by atoms with Gasteiger partial charge in [0.15, 0.2) is 0 Å². The molecule has 204 valence electrons. The molecular weight excluding hydrogens is 462 g/mol. The zero-order chi connectivity index (χ0) is 26.2. The van der Waals surface area contributed by atoms with Crippen LogP contribution in [0.1, 0.15) is 103 Å². The Morgan fingerprint density at radius 2 is 1.31 bits per heavy atom. The van der Waals surface area contributed by atoms with Crippen molar-refractivity contribution in [1.29, 1.82) is 0 Å². The molecule has 0 aromatic rings. The number of carbonyl (C=O) groups is 5. The summed E-state index contributed by atoms with van der Waals surface area (Å²) in [5.41, 5.74) is 0. The van der Waals surface area contributed by atoms with Crippen LogP contribution in [0.2, 0.25) is 0 Å². The predicted molar refractivity (Wildman–Crippen MR) is 137 cm³/mol. The molecule has 7 amide bonds. The van der Waals surface area contributed by atoms with Crippen molar-refractivity contribution in [3.8, 4) is 0 Å². The molecule has 3 N–H and O–H groups in total. The van der Waals surface area contributed by atoms with Crippen LogP contribution >= 0.6 is 0 Å². The van der Waals surface area contributed by atoms with Crippen molar-refractivity contribution in [2.75, 3.05) is 26.2 Å². The van der Waals surface area contributed by atoms with E-state index in [1.54, 1.807) is 0 Å². The number of hydrogen-bond acceptors (Lipinski definition) is 5. The molecule has 0 bridgehead atoms. The van der Waals surface area contributed by atoms with Crippen LogP contribution in [0, 0.1) is 0 Å². The molecule has 36 heavy (non-hydrogen) atoms. The summed E-state index contributed by atoms with van der Waals surface area (Å²) < 4.78 is 0. The number of rotatable bonds is 12. The molecule has 10 heteroatoms. The zero-order valence-corrected chi connectivity index (χ0v) is 21.9. The van der Waals surface area contributed by atoms with Crippen molar-refractivity contribution in [3.63, 3.8) is 0 Å². The lowest BCUT2D eigenvalue weighted by molar-refractivity contribution is -0.129. The summed E-state index contributed by atoms with van der Waals surface area (Å²) in [6.07, 6.45) is 11.5. The Balaban J connectivity index is 1.83. The van der Waals surface area contributed by atoms with E-state index in [-0.39, 0.29) is 23.8 Å². The molecule has 2 aliphatic rings. The summed E-state index contributed by atoms with van der Waals surface area (Å²) in [4.78, 5) is 65.0. The second-order valence-electron chi connectivity index (χ2n) is 9.79. The highest BCUT2D eigenvalue weighted by Gasteiger charge is 2.28. The van der Waals surface area contributed by atoms with Gasteiger partial charge in [0.2, 0.25) is 17.7 Å². The second-order valence-corrected chi connectivity index (χ2v) is 9.79. The minimum atomic E-state index is -0.748. The third kappa shape index (κ3) is 10.5. The van der Waals surface area contributed by atoms with E-state index in [9.17, 15) is 24.0 Å². The van der Waals surface area contributed by atoms with Crippen molar-refractivity contribution in [3.05, 3.63) is 0 Å². The average molecular weight is 508 g/mol. The van der Waals surface area contributed by atoms with E-state index in [2.05, 4.69) is 22.9 Å². The van der Waals surface area contributed by atoms with Gasteiger partial charge in [-0.2, -0.15) is 0 Å². The first-order valence-electron chi connectivity index (χ1n) is 13.9. The van der Waals surface area contributed by atoms with E-state index in [4.69, 9.17) is 0 Å². The highest BCUT2D eigenvalue weighted by Crippen LogP contribution is 2.13. The predicted octanol–water partition coefficient (Wildman–Crippen LogP) is 3.45. The van der Waals surface area contributed by atoms with Crippen molar-refractivity contribution < 1.29 is 24.0 Å². The maximum absolute atomic E-state index is 12.8.